The molecule has 0 aliphatic heterocycles. The smallest absolute Gasteiger partial charge is 0.320 e. The Hall–Kier alpha value is -1.36. The summed E-state index contributed by atoms with van der Waals surface area (Å²) in [4.78, 5) is 25.7. The molecule has 5 heteroatoms. The van der Waals surface area contributed by atoms with Crippen molar-refractivity contribution in [3.8, 4) is 0 Å². The number of ether oxygens (including phenoxy) is 1. The minimum Gasteiger partial charge on any atom is -0.481 e. The fourth-order valence-corrected chi connectivity index (χ4v) is 11.5. The highest BCUT2D eigenvalue weighted by molar-refractivity contribution is 5.76. The van der Waals surface area contributed by atoms with Crippen LogP contribution in [0.3, 0.4) is 0 Å². The van der Waals surface area contributed by atoms with E-state index in [0.717, 1.165) is 77.2 Å². The molecule has 0 saturated heterocycles. The quantitative estimate of drug-likeness (QED) is 0.184. The molecule has 5 aliphatic rings. The summed E-state index contributed by atoms with van der Waals surface area (Å²) >= 11 is 0. The highest BCUT2D eigenvalue weighted by Crippen LogP contribution is 2.75. The number of carboxylic acid groups (broad SMARTS) is 1. The number of carbonyl (C=O) groups excluding carboxylic acids is 1. The van der Waals surface area contributed by atoms with Crippen LogP contribution in [0.2, 0.25) is 0 Å². The highest BCUT2D eigenvalue weighted by atomic mass is 16.5. The van der Waals surface area contributed by atoms with Crippen molar-refractivity contribution >= 4 is 11.9 Å². The van der Waals surface area contributed by atoms with E-state index in [-0.39, 0.29) is 45.1 Å². The number of carboxylic acids is 1. The fraction of sp³-hybridized carbons (Fsp3) is 0.889. The first-order chi connectivity index (χ1) is 19.1. The van der Waals surface area contributed by atoms with Crippen LogP contribution in [0, 0.1) is 50.2 Å². The maximum absolute atomic E-state index is 12.9. The summed E-state index contributed by atoms with van der Waals surface area (Å²) in [5.41, 5.74) is 1.40. The molecule has 0 amide bonds. The van der Waals surface area contributed by atoms with Crippen LogP contribution in [0.15, 0.2) is 11.6 Å². The summed E-state index contributed by atoms with van der Waals surface area (Å²) in [6, 6.07) is 0. The number of fused-ring (bicyclic) bond motifs is 7. The number of rotatable bonds is 7. The molecule has 232 valence electrons. The van der Waals surface area contributed by atoms with E-state index in [1.807, 2.05) is 0 Å². The lowest BCUT2D eigenvalue weighted by atomic mass is 9.33. The molecule has 41 heavy (non-hydrogen) atoms. The monoisotopic (exact) mass is 569 g/mol. The van der Waals surface area contributed by atoms with Gasteiger partial charge in [-0.05, 0) is 117 Å². The Morgan fingerprint density at radius 2 is 1.66 bits per heavy atom. The fourth-order valence-electron chi connectivity index (χ4n) is 11.5. The normalized spacial score (nSPS) is 44.3. The standard InChI is InChI=1S/C36H59NO4/c1-9-10-21-37-23-29(38)41-28-14-15-33(6)26(32(28,4)5)13-16-35(8)27(33)12-11-24-25-22-31(2,3)17-19-36(25,30(39)40)20-18-34(24,35)7/h11,25-28,37H,9-10,12-23H2,1-8H3,(H,39,40)/t25-,26-,27+,28-,33-,34+,35+,36-/m0/s1. The third-order valence-corrected chi connectivity index (χ3v) is 14.3. The minimum absolute atomic E-state index is 0.0361. The van der Waals surface area contributed by atoms with E-state index in [1.165, 1.54) is 12.0 Å². The summed E-state index contributed by atoms with van der Waals surface area (Å²) < 4.78 is 6.19. The summed E-state index contributed by atoms with van der Waals surface area (Å²) in [5, 5.41) is 13.9. The van der Waals surface area contributed by atoms with Gasteiger partial charge < -0.3 is 15.2 Å². The molecule has 0 spiro atoms. The second-order valence-corrected chi connectivity index (χ2v) is 17.0. The second-order valence-electron chi connectivity index (χ2n) is 17.0. The summed E-state index contributed by atoms with van der Waals surface area (Å²) in [6.07, 6.45) is 14.8. The van der Waals surface area contributed by atoms with E-state index >= 15 is 0 Å². The van der Waals surface area contributed by atoms with E-state index in [1.54, 1.807) is 0 Å². The number of unbranched alkanes of at least 4 members (excludes halogenated alkanes) is 1. The van der Waals surface area contributed by atoms with Gasteiger partial charge in [0.25, 0.3) is 0 Å². The molecule has 0 radical (unpaired) electrons. The van der Waals surface area contributed by atoms with Crippen LogP contribution in [0.4, 0.5) is 0 Å². The summed E-state index contributed by atoms with van der Waals surface area (Å²) in [7, 11) is 0. The summed E-state index contributed by atoms with van der Waals surface area (Å²) in [6.45, 7) is 20.4. The Balaban J connectivity index is 1.42. The van der Waals surface area contributed by atoms with Crippen LogP contribution >= 0.6 is 0 Å². The van der Waals surface area contributed by atoms with Gasteiger partial charge in [-0.1, -0.05) is 73.5 Å². The average Bonchev–Trinajstić information content (AvgIpc) is 2.88. The van der Waals surface area contributed by atoms with Gasteiger partial charge in [0.15, 0.2) is 0 Å². The van der Waals surface area contributed by atoms with Crippen LogP contribution < -0.4 is 5.32 Å². The van der Waals surface area contributed by atoms with Crippen molar-refractivity contribution in [1.29, 1.82) is 0 Å². The van der Waals surface area contributed by atoms with Crippen molar-refractivity contribution in [2.45, 2.75) is 139 Å². The van der Waals surface area contributed by atoms with Gasteiger partial charge in [0.2, 0.25) is 0 Å². The zero-order valence-corrected chi connectivity index (χ0v) is 27.5. The molecule has 5 aliphatic carbocycles. The molecule has 5 rings (SSSR count). The Labute approximate surface area is 250 Å². The number of esters is 1. The molecule has 0 unspecified atom stereocenters. The Morgan fingerprint density at radius 1 is 0.951 bits per heavy atom. The summed E-state index contributed by atoms with van der Waals surface area (Å²) in [5.74, 6) is 0.549. The highest BCUT2D eigenvalue weighted by Gasteiger charge is 2.69. The predicted molar refractivity (Wildman–Crippen MR) is 164 cm³/mol. The first-order valence-electron chi connectivity index (χ1n) is 16.9. The van der Waals surface area contributed by atoms with E-state index < -0.39 is 11.4 Å². The maximum atomic E-state index is 12.9. The molecule has 4 fully saturated rings. The van der Waals surface area contributed by atoms with Crippen LogP contribution in [-0.4, -0.2) is 36.2 Å². The zero-order valence-electron chi connectivity index (χ0n) is 27.5. The molecular weight excluding hydrogens is 510 g/mol. The van der Waals surface area contributed by atoms with E-state index in [9.17, 15) is 14.7 Å². The van der Waals surface area contributed by atoms with Gasteiger partial charge in [0.05, 0.1) is 12.0 Å². The molecule has 0 aromatic carbocycles. The molecular formula is C36H59NO4. The average molecular weight is 570 g/mol. The Kier molecular flexibility index (Phi) is 7.86. The number of carbonyl (C=O) groups is 2. The predicted octanol–water partition coefficient (Wildman–Crippen LogP) is 8.17. The van der Waals surface area contributed by atoms with Crippen molar-refractivity contribution in [2.75, 3.05) is 13.1 Å². The zero-order chi connectivity index (χ0) is 30.1. The van der Waals surface area contributed by atoms with Crippen molar-refractivity contribution in [1.82, 2.24) is 5.32 Å². The third kappa shape index (κ3) is 4.65. The van der Waals surface area contributed by atoms with Crippen LogP contribution in [-0.2, 0) is 14.3 Å². The molecule has 0 aromatic heterocycles. The molecule has 4 saturated carbocycles. The lowest BCUT2D eigenvalue weighted by Crippen LogP contribution is -2.65. The SMILES string of the molecule is CCCCNCC(=O)O[C@H]1CC[C@]2(C)[C@H]3CC=C4[C@@H]5CC(C)(C)CC[C@]5(C(=O)O)CC[C@@]4(C)[C@]3(C)CC[C@H]2C1(C)C. The van der Waals surface area contributed by atoms with Crippen LogP contribution in [0.5, 0.6) is 0 Å². The number of hydrogen-bond acceptors (Lipinski definition) is 4. The lowest BCUT2D eigenvalue weighted by molar-refractivity contribution is -0.213. The van der Waals surface area contributed by atoms with E-state index in [4.69, 9.17) is 4.74 Å². The third-order valence-electron chi connectivity index (χ3n) is 14.3. The Bertz CT molecular complexity index is 1080. The first-order valence-corrected chi connectivity index (χ1v) is 16.9. The largest absolute Gasteiger partial charge is 0.481 e. The van der Waals surface area contributed by atoms with Gasteiger partial charge in [-0.25, -0.2) is 0 Å². The minimum atomic E-state index is -0.583. The molecule has 8 atom stereocenters. The van der Waals surface area contributed by atoms with E-state index in [2.05, 4.69) is 66.8 Å². The van der Waals surface area contributed by atoms with Gasteiger partial charge in [0, 0.05) is 5.41 Å². The van der Waals surface area contributed by atoms with Crippen molar-refractivity contribution in [3.05, 3.63) is 11.6 Å². The molecule has 0 heterocycles. The second kappa shape index (κ2) is 10.4. The van der Waals surface area contributed by atoms with Crippen molar-refractivity contribution < 1.29 is 19.4 Å². The molecule has 5 nitrogen and oxygen atoms in total. The maximum Gasteiger partial charge on any atom is 0.320 e. The topological polar surface area (TPSA) is 75.6 Å². The van der Waals surface area contributed by atoms with Gasteiger partial charge in [0.1, 0.15) is 6.10 Å². The number of aliphatic carboxylic acids is 1. The van der Waals surface area contributed by atoms with Crippen LogP contribution in [0.25, 0.3) is 0 Å². The number of hydrogen-bond donors (Lipinski definition) is 2. The van der Waals surface area contributed by atoms with Gasteiger partial charge >= 0.3 is 11.9 Å². The number of allylic oxidation sites excluding steroid dienone is 2. The molecule has 0 aromatic rings. The van der Waals surface area contributed by atoms with E-state index in [0.29, 0.717) is 18.4 Å². The first kappa shape index (κ1) is 31.1. The lowest BCUT2D eigenvalue weighted by Gasteiger charge is -2.71. The Morgan fingerprint density at radius 3 is 2.34 bits per heavy atom. The van der Waals surface area contributed by atoms with Crippen LogP contribution in [0.1, 0.15) is 132 Å². The van der Waals surface area contributed by atoms with Crippen molar-refractivity contribution in [3.63, 3.8) is 0 Å². The van der Waals surface area contributed by atoms with Gasteiger partial charge in [-0.3, -0.25) is 9.59 Å². The van der Waals surface area contributed by atoms with Crippen molar-refractivity contribution in [2.24, 2.45) is 50.2 Å². The number of nitrogens with one attached hydrogen (secondary N) is 1. The van der Waals surface area contributed by atoms with Gasteiger partial charge in [-0.15, -0.1) is 0 Å². The molecule has 2 N–H and O–H groups in total. The molecule has 0 bridgehead atoms. The van der Waals surface area contributed by atoms with Gasteiger partial charge in [-0.2, -0.15) is 0 Å².